The highest BCUT2D eigenvalue weighted by Gasteiger charge is 2.34. The number of carbonyl (C=O) groups excluding carboxylic acids is 1. The van der Waals surface area contributed by atoms with Gasteiger partial charge < -0.3 is 9.47 Å². The minimum Gasteiger partial charge on any atom is -0.348 e. The Bertz CT molecular complexity index is 911. The summed E-state index contributed by atoms with van der Waals surface area (Å²) in [6.07, 6.45) is 8.38. The summed E-state index contributed by atoms with van der Waals surface area (Å²) in [4.78, 5) is 19.6. The lowest BCUT2D eigenvalue weighted by Crippen LogP contribution is -2.42. The van der Waals surface area contributed by atoms with Crippen LogP contribution in [0.4, 0.5) is 0 Å². The van der Waals surface area contributed by atoms with Crippen LogP contribution in [0, 0.1) is 6.92 Å². The molecule has 0 saturated heterocycles. The maximum absolute atomic E-state index is 13.4. The third-order valence-corrected chi connectivity index (χ3v) is 5.07. The number of fused-ring (bicyclic) bond motifs is 1. The van der Waals surface area contributed by atoms with Crippen molar-refractivity contribution in [1.82, 2.24) is 24.2 Å². The molecular weight excluding hydrogens is 326 g/mol. The number of amides is 1. The second-order valence-corrected chi connectivity index (χ2v) is 6.68. The minimum atomic E-state index is -0.131. The normalized spacial score (nSPS) is 16.5. The molecule has 3 aromatic heterocycles. The lowest BCUT2D eigenvalue weighted by molar-refractivity contribution is 0.0663. The number of pyridine rings is 1. The number of hydrogen-bond donors (Lipinski definition) is 0. The summed E-state index contributed by atoms with van der Waals surface area (Å²) in [5.74, 6) is 0.0335. The highest BCUT2D eigenvalue weighted by Crippen LogP contribution is 2.33. The first-order valence-electron chi connectivity index (χ1n) is 9.09. The van der Waals surface area contributed by atoms with Crippen LogP contribution in [0.1, 0.15) is 46.7 Å². The van der Waals surface area contributed by atoms with Crippen LogP contribution >= 0.6 is 0 Å². The minimum absolute atomic E-state index is 0.0335. The molecule has 0 fully saturated rings. The average molecular weight is 349 g/mol. The van der Waals surface area contributed by atoms with Crippen molar-refractivity contribution in [1.29, 1.82) is 0 Å². The Hall–Kier alpha value is -2.89. The molecule has 0 saturated carbocycles. The van der Waals surface area contributed by atoms with Gasteiger partial charge in [0.05, 0.1) is 17.8 Å². The molecule has 1 aliphatic heterocycles. The van der Waals surface area contributed by atoms with Gasteiger partial charge in [-0.25, -0.2) is 0 Å². The van der Waals surface area contributed by atoms with Gasteiger partial charge in [-0.3, -0.25) is 14.5 Å². The highest BCUT2D eigenvalue weighted by atomic mass is 16.2. The summed E-state index contributed by atoms with van der Waals surface area (Å²) in [5.41, 5.74) is 3.77. The number of carbonyl (C=O) groups is 1. The molecule has 26 heavy (non-hydrogen) atoms. The molecule has 1 atom stereocenters. The van der Waals surface area contributed by atoms with Crippen LogP contribution in [0.3, 0.4) is 0 Å². The Balaban J connectivity index is 1.74. The number of aryl methyl sites for hydroxylation is 1. The third kappa shape index (κ3) is 2.71. The van der Waals surface area contributed by atoms with Gasteiger partial charge in [0.15, 0.2) is 0 Å². The van der Waals surface area contributed by atoms with Crippen molar-refractivity contribution < 1.29 is 4.79 Å². The monoisotopic (exact) mass is 349 g/mol. The van der Waals surface area contributed by atoms with E-state index in [1.807, 2.05) is 40.9 Å². The molecule has 6 nitrogen and oxygen atoms in total. The van der Waals surface area contributed by atoms with Gasteiger partial charge in [-0.1, -0.05) is 13.0 Å². The van der Waals surface area contributed by atoms with Gasteiger partial charge in [-0.15, -0.1) is 0 Å². The van der Waals surface area contributed by atoms with Gasteiger partial charge in [0.1, 0.15) is 0 Å². The van der Waals surface area contributed by atoms with Crippen LogP contribution in [0.5, 0.6) is 0 Å². The van der Waals surface area contributed by atoms with Crippen LogP contribution in [-0.2, 0) is 13.1 Å². The molecular formula is C20H23N5O. The van der Waals surface area contributed by atoms with E-state index < -0.39 is 0 Å². The zero-order valence-corrected chi connectivity index (χ0v) is 15.2. The van der Waals surface area contributed by atoms with E-state index in [9.17, 15) is 4.79 Å². The molecule has 3 aromatic rings. The molecule has 0 aliphatic carbocycles. The van der Waals surface area contributed by atoms with Crippen molar-refractivity contribution >= 4 is 5.91 Å². The van der Waals surface area contributed by atoms with Crippen molar-refractivity contribution in [2.45, 2.75) is 39.4 Å². The van der Waals surface area contributed by atoms with Gasteiger partial charge in [0, 0.05) is 49.6 Å². The third-order valence-electron chi connectivity index (χ3n) is 5.07. The number of nitrogens with zero attached hydrogens (tertiary/aromatic N) is 5. The maximum Gasteiger partial charge on any atom is 0.258 e. The highest BCUT2D eigenvalue weighted by molar-refractivity contribution is 5.95. The van der Waals surface area contributed by atoms with Crippen LogP contribution in [0.15, 0.2) is 49.1 Å². The van der Waals surface area contributed by atoms with Crippen LogP contribution in [0.2, 0.25) is 0 Å². The fourth-order valence-corrected chi connectivity index (χ4v) is 3.74. The van der Waals surface area contributed by atoms with Gasteiger partial charge in [0.25, 0.3) is 5.91 Å². The van der Waals surface area contributed by atoms with E-state index in [1.165, 1.54) is 0 Å². The zero-order valence-electron chi connectivity index (χ0n) is 15.2. The molecule has 0 bridgehead atoms. The lowest BCUT2D eigenvalue weighted by atomic mass is 10.0. The second-order valence-electron chi connectivity index (χ2n) is 6.68. The van der Waals surface area contributed by atoms with E-state index in [0.29, 0.717) is 12.1 Å². The molecule has 0 radical (unpaired) electrons. The Morgan fingerprint density at radius 2 is 2.12 bits per heavy atom. The molecule has 4 heterocycles. The summed E-state index contributed by atoms with van der Waals surface area (Å²) in [5, 5.41) is 4.41. The van der Waals surface area contributed by atoms with E-state index in [2.05, 4.69) is 33.8 Å². The molecule has 1 amide bonds. The second kappa shape index (κ2) is 6.78. The average Bonchev–Trinajstić information content (AvgIpc) is 3.28. The molecule has 0 spiro atoms. The Morgan fingerprint density at radius 1 is 1.23 bits per heavy atom. The fraction of sp³-hybridized carbons (Fsp3) is 0.350. The van der Waals surface area contributed by atoms with E-state index >= 15 is 0 Å². The van der Waals surface area contributed by atoms with Crippen LogP contribution in [0.25, 0.3) is 0 Å². The van der Waals surface area contributed by atoms with Crippen molar-refractivity contribution in [2.75, 3.05) is 6.54 Å². The van der Waals surface area contributed by atoms with Crippen LogP contribution in [-0.4, -0.2) is 36.7 Å². The molecule has 134 valence electrons. The van der Waals surface area contributed by atoms with E-state index in [1.54, 1.807) is 12.4 Å². The quantitative estimate of drug-likeness (QED) is 0.727. The van der Waals surface area contributed by atoms with Crippen molar-refractivity contribution in [3.05, 3.63) is 71.6 Å². The summed E-state index contributed by atoms with van der Waals surface area (Å²) < 4.78 is 4.13. The lowest BCUT2D eigenvalue weighted by Gasteiger charge is -2.37. The smallest absolute Gasteiger partial charge is 0.258 e. The molecule has 0 unspecified atom stereocenters. The van der Waals surface area contributed by atoms with Crippen molar-refractivity contribution in [3.8, 4) is 0 Å². The van der Waals surface area contributed by atoms with Crippen LogP contribution < -0.4 is 0 Å². The first kappa shape index (κ1) is 16.6. The van der Waals surface area contributed by atoms with Gasteiger partial charge in [-0.2, -0.15) is 5.10 Å². The number of hydrogen-bond acceptors (Lipinski definition) is 3. The SMILES string of the molecule is CCCn1ncc(C(=O)N2CCn3cccc3[C@@H]2c2cccnc2)c1C. The Kier molecular flexibility index (Phi) is 4.32. The van der Waals surface area contributed by atoms with Gasteiger partial charge in [-0.05, 0) is 37.1 Å². The predicted octanol–water partition coefficient (Wildman–Crippen LogP) is 3.04. The van der Waals surface area contributed by atoms with E-state index in [0.717, 1.165) is 36.5 Å². The molecule has 6 heteroatoms. The zero-order chi connectivity index (χ0) is 18.1. The van der Waals surface area contributed by atoms with E-state index in [-0.39, 0.29) is 11.9 Å². The predicted molar refractivity (Wildman–Crippen MR) is 98.8 cm³/mol. The molecule has 4 rings (SSSR count). The van der Waals surface area contributed by atoms with Crippen molar-refractivity contribution in [2.24, 2.45) is 0 Å². The summed E-state index contributed by atoms with van der Waals surface area (Å²) >= 11 is 0. The number of aromatic nitrogens is 4. The standard InChI is InChI=1S/C20H23N5O/c1-3-9-25-15(2)17(14-22-25)20(26)24-12-11-23-10-5-7-18(23)19(24)16-6-4-8-21-13-16/h4-8,10,13-14,19H,3,9,11-12H2,1-2H3/t19-/m0/s1. The molecule has 1 aliphatic rings. The fourth-order valence-electron chi connectivity index (χ4n) is 3.74. The largest absolute Gasteiger partial charge is 0.348 e. The number of rotatable bonds is 4. The Labute approximate surface area is 153 Å². The maximum atomic E-state index is 13.4. The first-order chi connectivity index (χ1) is 12.7. The van der Waals surface area contributed by atoms with E-state index in [4.69, 9.17) is 0 Å². The first-order valence-corrected chi connectivity index (χ1v) is 9.09. The van der Waals surface area contributed by atoms with Gasteiger partial charge in [0.2, 0.25) is 0 Å². The Morgan fingerprint density at radius 3 is 2.88 bits per heavy atom. The molecule has 0 aromatic carbocycles. The van der Waals surface area contributed by atoms with Crippen molar-refractivity contribution in [3.63, 3.8) is 0 Å². The summed E-state index contributed by atoms with van der Waals surface area (Å²) in [6.45, 7) is 6.38. The summed E-state index contributed by atoms with van der Waals surface area (Å²) in [6, 6.07) is 7.95. The van der Waals surface area contributed by atoms with Gasteiger partial charge >= 0.3 is 0 Å². The summed E-state index contributed by atoms with van der Waals surface area (Å²) in [7, 11) is 0. The topological polar surface area (TPSA) is 56.0 Å². The molecule has 0 N–H and O–H groups in total.